The first-order valence-electron chi connectivity index (χ1n) is 9.53. The molecule has 27 heavy (non-hydrogen) atoms. The molecule has 1 aliphatic heterocycles. The van der Waals surface area contributed by atoms with Crippen molar-refractivity contribution in [3.05, 3.63) is 48.5 Å². The Morgan fingerprint density at radius 3 is 2.96 bits per heavy atom. The van der Waals surface area contributed by atoms with Crippen molar-refractivity contribution in [1.82, 2.24) is 20.2 Å². The number of aromatic nitrogens is 2. The molecule has 1 aromatic heterocycles. The second-order valence-electron chi connectivity index (χ2n) is 6.92. The van der Waals surface area contributed by atoms with Crippen LogP contribution in [0.1, 0.15) is 25.3 Å². The summed E-state index contributed by atoms with van der Waals surface area (Å²) in [6, 6.07) is 8.20. The summed E-state index contributed by atoms with van der Waals surface area (Å²) in [4.78, 5) is 8.90. The van der Waals surface area contributed by atoms with Crippen molar-refractivity contribution in [2.45, 2.75) is 26.3 Å². The van der Waals surface area contributed by atoms with Gasteiger partial charge in [-0.05, 0) is 31.4 Å². The van der Waals surface area contributed by atoms with Gasteiger partial charge in [-0.15, -0.1) is 0 Å². The average Bonchev–Trinajstić information content (AvgIpc) is 3.37. The van der Waals surface area contributed by atoms with Gasteiger partial charge in [-0.3, -0.25) is 0 Å². The Kier molecular flexibility index (Phi) is 6.84. The Morgan fingerprint density at radius 2 is 2.26 bits per heavy atom. The van der Waals surface area contributed by atoms with Crippen molar-refractivity contribution >= 4 is 5.96 Å². The summed E-state index contributed by atoms with van der Waals surface area (Å²) in [6.07, 6.45) is 7.21. The number of aliphatic imine (C=N–C) groups is 1. The van der Waals surface area contributed by atoms with Gasteiger partial charge in [0.15, 0.2) is 5.96 Å². The summed E-state index contributed by atoms with van der Waals surface area (Å²) in [7, 11) is 0. The van der Waals surface area contributed by atoms with E-state index in [2.05, 4.69) is 34.7 Å². The average molecular weight is 371 g/mol. The Morgan fingerprint density at radius 1 is 1.37 bits per heavy atom. The number of benzene rings is 1. The number of rotatable bonds is 8. The number of aliphatic hydroxyl groups is 1. The number of imidazole rings is 1. The van der Waals surface area contributed by atoms with Crippen LogP contribution in [0.5, 0.6) is 0 Å². The second-order valence-corrected chi connectivity index (χ2v) is 6.92. The molecular formula is C20H29N5O2. The van der Waals surface area contributed by atoms with Crippen LogP contribution in [0.25, 0.3) is 5.69 Å². The van der Waals surface area contributed by atoms with Crippen molar-refractivity contribution in [3.63, 3.8) is 0 Å². The van der Waals surface area contributed by atoms with Crippen LogP contribution in [0.4, 0.5) is 0 Å². The number of nitrogens with one attached hydrogen (secondary N) is 2. The summed E-state index contributed by atoms with van der Waals surface area (Å²) in [5.41, 5.74) is 2.19. The van der Waals surface area contributed by atoms with Gasteiger partial charge in [0.2, 0.25) is 0 Å². The first-order valence-corrected chi connectivity index (χ1v) is 9.53. The molecule has 7 heteroatoms. The van der Waals surface area contributed by atoms with Gasteiger partial charge in [0.25, 0.3) is 0 Å². The highest BCUT2D eigenvalue weighted by molar-refractivity contribution is 5.79. The molecule has 1 unspecified atom stereocenters. The smallest absolute Gasteiger partial charge is 0.191 e. The molecule has 2 heterocycles. The molecule has 3 N–H and O–H groups in total. The molecule has 1 saturated heterocycles. The van der Waals surface area contributed by atoms with Crippen molar-refractivity contribution in [2.24, 2.45) is 10.4 Å². The lowest BCUT2D eigenvalue weighted by atomic mass is 9.84. The summed E-state index contributed by atoms with van der Waals surface area (Å²) in [5.74, 6) is 0.780. The molecule has 1 aliphatic rings. The lowest BCUT2D eigenvalue weighted by Crippen LogP contribution is -2.44. The zero-order valence-electron chi connectivity index (χ0n) is 15.9. The fraction of sp³-hybridized carbons (Fsp3) is 0.500. The molecule has 146 valence electrons. The highest BCUT2D eigenvalue weighted by atomic mass is 16.5. The Bertz CT molecular complexity index is 724. The Labute approximate surface area is 160 Å². The minimum absolute atomic E-state index is 0.0142. The number of guanidine groups is 1. The van der Waals surface area contributed by atoms with Crippen LogP contribution in [-0.2, 0) is 11.3 Å². The van der Waals surface area contributed by atoms with Gasteiger partial charge in [-0.2, -0.15) is 0 Å². The molecule has 1 aromatic carbocycles. The highest BCUT2D eigenvalue weighted by Gasteiger charge is 2.34. The molecule has 0 amide bonds. The molecule has 7 nitrogen and oxygen atoms in total. The van der Waals surface area contributed by atoms with E-state index in [0.29, 0.717) is 13.2 Å². The molecule has 3 rings (SSSR count). The van der Waals surface area contributed by atoms with Gasteiger partial charge in [0, 0.05) is 44.1 Å². The topological polar surface area (TPSA) is 83.7 Å². The zero-order chi connectivity index (χ0) is 19.0. The van der Waals surface area contributed by atoms with Crippen molar-refractivity contribution < 1.29 is 9.84 Å². The van der Waals surface area contributed by atoms with E-state index >= 15 is 0 Å². The lowest BCUT2D eigenvalue weighted by molar-refractivity contribution is 0.127. The third-order valence-corrected chi connectivity index (χ3v) is 4.98. The van der Waals surface area contributed by atoms with Crippen LogP contribution in [-0.4, -0.2) is 53.5 Å². The molecule has 1 fully saturated rings. The first-order chi connectivity index (χ1) is 13.3. The fourth-order valence-corrected chi connectivity index (χ4v) is 3.39. The lowest BCUT2D eigenvalue weighted by Gasteiger charge is -2.27. The number of nitrogens with zero attached hydrogens (tertiary/aromatic N) is 3. The van der Waals surface area contributed by atoms with Crippen LogP contribution < -0.4 is 10.6 Å². The van der Waals surface area contributed by atoms with E-state index in [1.807, 2.05) is 22.9 Å². The van der Waals surface area contributed by atoms with E-state index in [-0.39, 0.29) is 12.0 Å². The van der Waals surface area contributed by atoms with Gasteiger partial charge in [-0.1, -0.05) is 18.2 Å². The first kappa shape index (κ1) is 19.4. The molecule has 0 spiro atoms. The minimum atomic E-state index is -0.0142. The van der Waals surface area contributed by atoms with Crippen LogP contribution >= 0.6 is 0 Å². The van der Waals surface area contributed by atoms with E-state index in [4.69, 9.17) is 9.73 Å². The third kappa shape index (κ3) is 5.08. The largest absolute Gasteiger partial charge is 0.396 e. The van der Waals surface area contributed by atoms with E-state index < -0.39 is 0 Å². The number of hydrogen-bond donors (Lipinski definition) is 3. The van der Waals surface area contributed by atoms with E-state index in [9.17, 15) is 5.11 Å². The van der Waals surface area contributed by atoms with Crippen LogP contribution in [0.15, 0.2) is 48.0 Å². The maximum absolute atomic E-state index is 9.40. The van der Waals surface area contributed by atoms with Crippen molar-refractivity contribution in [3.8, 4) is 5.69 Å². The molecule has 0 radical (unpaired) electrons. The predicted octanol–water partition coefficient (Wildman–Crippen LogP) is 1.72. The van der Waals surface area contributed by atoms with E-state index in [0.717, 1.165) is 49.7 Å². The third-order valence-electron chi connectivity index (χ3n) is 4.98. The maximum atomic E-state index is 9.40. The van der Waals surface area contributed by atoms with Gasteiger partial charge in [-0.25, -0.2) is 9.98 Å². The standard InChI is InChI=1S/C20H29N5O2/c1-2-22-19(24-14-20(7-11-26)8-12-27-15-20)23-13-17-5-3-4-6-18(17)25-10-9-21-16-25/h3-6,9-10,16,26H,2,7-8,11-15H2,1H3,(H2,22,23,24). The van der Waals surface area contributed by atoms with Gasteiger partial charge < -0.3 is 25.0 Å². The van der Waals surface area contributed by atoms with Crippen molar-refractivity contribution in [2.75, 3.05) is 32.9 Å². The summed E-state index contributed by atoms with van der Waals surface area (Å²) < 4.78 is 7.57. The molecule has 0 aliphatic carbocycles. The van der Waals surface area contributed by atoms with E-state index in [1.54, 1.807) is 12.5 Å². The fourth-order valence-electron chi connectivity index (χ4n) is 3.39. The molecule has 0 saturated carbocycles. The molecular weight excluding hydrogens is 342 g/mol. The monoisotopic (exact) mass is 371 g/mol. The van der Waals surface area contributed by atoms with Gasteiger partial charge in [0.1, 0.15) is 0 Å². The summed E-state index contributed by atoms with van der Waals surface area (Å²) in [6.45, 7) is 5.77. The van der Waals surface area contributed by atoms with Gasteiger partial charge in [0.05, 0.1) is 25.2 Å². The summed E-state index contributed by atoms with van der Waals surface area (Å²) >= 11 is 0. The number of aliphatic hydroxyl groups excluding tert-OH is 1. The number of hydrogen-bond acceptors (Lipinski definition) is 4. The Balaban J connectivity index is 1.69. The molecule has 2 aromatic rings. The van der Waals surface area contributed by atoms with Crippen LogP contribution in [0.3, 0.4) is 0 Å². The predicted molar refractivity (Wildman–Crippen MR) is 106 cm³/mol. The van der Waals surface area contributed by atoms with E-state index in [1.165, 1.54) is 0 Å². The normalized spacial score (nSPS) is 20.0. The molecule has 0 bridgehead atoms. The minimum Gasteiger partial charge on any atom is -0.396 e. The molecule has 1 atom stereocenters. The summed E-state index contributed by atoms with van der Waals surface area (Å²) in [5, 5.41) is 16.1. The highest BCUT2D eigenvalue weighted by Crippen LogP contribution is 2.31. The quantitative estimate of drug-likeness (QED) is 0.486. The van der Waals surface area contributed by atoms with Gasteiger partial charge >= 0.3 is 0 Å². The van der Waals surface area contributed by atoms with Crippen LogP contribution in [0, 0.1) is 5.41 Å². The SMILES string of the molecule is CCNC(=NCc1ccccc1-n1ccnc1)NCC1(CCO)CCOC1. The maximum Gasteiger partial charge on any atom is 0.191 e. The number of ether oxygens (including phenoxy) is 1. The second kappa shape index (κ2) is 9.53. The van der Waals surface area contributed by atoms with Crippen LogP contribution in [0.2, 0.25) is 0 Å². The Hall–Kier alpha value is -2.38. The number of para-hydroxylation sites is 1. The van der Waals surface area contributed by atoms with Crippen molar-refractivity contribution in [1.29, 1.82) is 0 Å². The zero-order valence-corrected chi connectivity index (χ0v) is 15.9.